The minimum absolute atomic E-state index is 0.0749. The molecule has 4 rings (SSSR count). The highest BCUT2D eigenvalue weighted by Crippen LogP contribution is 2.64. The van der Waals surface area contributed by atoms with Crippen LogP contribution in [0.25, 0.3) is 11.4 Å². The minimum atomic E-state index is -1.56. The number of carbonyl (C=O) groups excluding carboxylic acids is 2. The number of hydrogen-bond acceptors (Lipinski definition) is 13. The van der Waals surface area contributed by atoms with Crippen LogP contribution in [0.5, 0.6) is 34.5 Å². The third kappa shape index (κ3) is 11.3. The highest BCUT2D eigenvalue weighted by molar-refractivity contribution is 7.52. The highest BCUT2D eigenvalue weighted by atomic mass is 31.2. The van der Waals surface area contributed by atoms with Crippen LogP contribution in [0.3, 0.4) is 0 Å². The number of benzene rings is 2. The summed E-state index contributed by atoms with van der Waals surface area (Å²) in [5.41, 5.74) is 2.88. The smallest absolute Gasteiger partial charge is 0.325 e. The first-order valence-corrected chi connectivity index (χ1v) is 20.7. The molecule has 0 spiro atoms. The Bertz CT molecular complexity index is 1510. The fourth-order valence-electron chi connectivity index (χ4n) is 6.67. The van der Waals surface area contributed by atoms with Crippen molar-refractivity contribution in [2.75, 3.05) is 69.0 Å². The Balaban J connectivity index is 1.73. The van der Waals surface area contributed by atoms with Gasteiger partial charge in [-0.3, -0.25) is 14.3 Å². The number of unbranched alkanes of at least 4 members (excludes halogenated alkanes) is 4. The van der Waals surface area contributed by atoms with Gasteiger partial charge in [0.2, 0.25) is 19.9 Å². The molecule has 0 bridgehead atoms. The Morgan fingerprint density at radius 1 is 0.536 bits per heavy atom. The van der Waals surface area contributed by atoms with Crippen molar-refractivity contribution in [2.45, 2.75) is 79.1 Å². The molecule has 2 aliphatic rings. The topological polar surface area (TPSA) is 118 Å². The summed E-state index contributed by atoms with van der Waals surface area (Å²) >= 11 is 0. The zero-order chi connectivity index (χ0) is 40.8. The number of rotatable bonds is 24. The molecule has 0 radical (unpaired) electrons. The van der Waals surface area contributed by atoms with Gasteiger partial charge in [-0.25, -0.2) is 0 Å². The van der Waals surface area contributed by atoms with E-state index in [4.69, 9.17) is 37.9 Å². The van der Waals surface area contributed by atoms with Gasteiger partial charge in [-0.1, -0.05) is 66.2 Å². The van der Waals surface area contributed by atoms with E-state index in [0.717, 1.165) is 62.5 Å². The predicted molar refractivity (Wildman–Crippen MR) is 219 cm³/mol. The van der Waals surface area contributed by atoms with Crippen molar-refractivity contribution in [1.82, 2.24) is 14.0 Å². The van der Waals surface area contributed by atoms with Crippen molar-refractivity contribution in [3.63, 3.8) is 0 Å². The minimum Gasteiger partial charge on any atom is -0.493 e. The summed E-state index contributed by atoms with van der Waals surface area (Å²) in [6.45, 7) is 9.36. The Hall–Kier alpha value is -4.51. The van der Waals surface area contributed by atoms with E-state index in [2.05, 4.69) is 27.7 Å². The first-order valence-electron chi connectivity index (χ1n) is 19.5. The van der Waals surface area contributed by atoms with E-state index in [1.54, 1.807) is 42.7 Å². The van der Waals surface area contributed by atoms with Crippen molar-refractivity contribution < 1.29 is 47.5 Å². The van der Waals surface area contributed by atoms with Crippen LogP contribution in [0.1, 0.15) is 90.2 Å². The van der Waals surface area contributed by atoms with Gasteiger partial charge in [0.05, 0.1) is 67.3 Å². The quantitative estimate of drug-likeness (QED) is 0.0573. The molecule has 56 heavy (non-hydrogen) atoms. The molecule has 0 amide bonds. The van der Waals surface area contributed by atoms with Crippen LogP contribution in [0, 0.1) is 11.8 Å². The van der Waals surface area contributed by atoms with E-state index in [9.17, 15) is 9.59 Å². The molecule has 14 heteroatoms. The van der Waals surface area contributed by atoms with Crippen LogP contribution < -0.4 is 28.4 Å². The number of fused-ring (bicyclic) bond motifs is 1. The van der Waals surface area contributed by atoms with Gasteiger partial charge in [0.1, 0.15) is 13.1 Å². The lowest BCUT2D eigenvalue weighted by atomic mass is 10.1. The molecule has 0 saturated heterocycles. The Morgan fingerprint density at radius 3 is 1.20 bits per heavy atom. The maximum atomic E-state index is 13.7. The molecule has 0 fully saturated rings. The van der Waals surface area contributed by atoms with Crippen LogP contribution in [0.2, 0.25) is 0 Å². The molecule has 0 aromatic heterocycles. The van der Waals surface area contributed by atoms with Crippen molar-refractivity contribution in [2.24, 2.45) is 11.8 Å². The molecule has 2 heterocycles. The molecular weight excluding hydrogens is 737 g/mol. The van der Waals surface area contributed by atoms with Crippen LogP contribution in [-0.2, 0) is 19.1 Å². The zero-order valence-electron chi connectivity index (χ0n) is 35.0. The summed E-state index contributed by atoms with van der Waals surface area (Å²) in [7, 11) is 7.79. The average Bonchev–Trinajstić information content (AvgIpc) is 3.72. The number of ether oxygens (including phenoxy) is 8. The van der Waals surface area contributed by atoms with Crippen molar-refractivity contribution in [3.8, 4) is 34.5 Å². The fraction of sp³-hybridized carbons (Fsp3) is 0.571. The summed E-state index contributed by atoms with van der Waals surface area (Å²) in [6.07, 6.45) is 11.9. The molecule has 0 atom stereocenters. The van der Waals surface area contributed by atoms with Crippen LogP contribution in [-0.4, -0.2) is 94.9 Å². The molecular formula is C42H62N3O10P. The number of esters is 2. The predicted octanol–water partition coefficient (Wildman–Crippen LogP) is 8.71. The molecule has 0 saturated carbocycles. The standard InChI is InChI=1S/C42H62N3O10P/c1-29(2)17-13-11-15-19-54-39(46)27-44-33(31-21-35(48-5)41(52-9)36(22-31)49-6)25-43-26-34(32-23-37(50-7)42(53-10)38(24-32)51-8)45(56(43)44)28-40(47)55-20-16-12-14-18-30(3)4/h21-26,29-30H,11-20,27-28H2,1-10H3. The summed E-state index contributed by atoms with van der Waals surface area (Å²) < 4.78 is 51.7. The van der Waals surface area contributed by atoms with E-state index < -0.39 is 8.37 Å². The zero-order valence-corrected chi connectivity index (χ0v) is 35.9. The molecule has 0 unspecified atom stereocenters. The number of methoxy groups -OCH3 is 6. The summed E-state index contributed by atoms with van der Waals surface area (Å²) in [4.78, 5) is 27.4. The molecule has 2 aromatic carbocycles. The molecule has 0 N–H and O–H groups in total. The van der Waals surface area contributed by atoms with Gasteiger partial charge in [-0.05, 0) is 48.9 Å². The van der Waals surface area contributed by atoms with Gasteiger partial charge >= 0.3 is 11.9 Å². The van der Waals surface area contributed by atoms with Crippen molar-refractivity contribution >= 4 is 31.7 Å². The van der Waals surface area contributed by atoms with E-state index in [-0.39, 0.29) is 25.0 Å². The lowest BCUT2D eigenvalue weighted by Crippen LogP contribution is -2.32. The third-order valence-electron chi connectivity index (χ3n) is 9.56. The van der Waals surface area contributed by atoms with Crippen molar-refractivity contribution in [1.29, 1.82) is 0 Å². The third-order valence-corrected chi connectivity index (χ3v) is 11.8. The SMILES string of the molecule is COc1cc(C2=CN3C=C(c4cc(OC)c(OC)c(OC)c4)N(CC(=O)OCCCCCC(C)C)P3N2CC(=O)OCCCCCC(C)C)cc(OC)c1OC. The first kappa shape index (κ1) is 44.2. The van der Waals surface area contributed by atoms with Crippen LogP contribution in [0.15, 0.2) is 36.7 Å². The largest absolute Gasteiger partial charge is 0.493 e. The lowest BCUT2D eigenvalue weighted by Gasteiger charge is -2.35. The highest BCUT2D eigenvalue weighted by Gasteiger charge is 2.46. The second-order valence-electron chi connectivity index (χ2n) is 14.5. The van der Waals surface area contributed by atoms with Gasteiger partial charge in [-0.2, -0.15) is 0 Å². The summed E-state index contributed by atoms with van der Waals surface area (Å²) in [5.74, 6) is 3.29. The van der Waals surface area contributed by atoms with E-state index in [1.165, 1.54) is 0 Å². The Labute approximate surface area is 334 Å². The maximum absolute atomic E-state index is 13.7. The monoisotopic (exact) mass is 799 g/mol. The molecule has 310 valence electrons. The first-order chi connectivity index (χ1) is 27.0. The van der Waals surface area contributed by atoms with E-state index in [0.29, 0.717) is 70.9 Å². The Kier molecular flexibility index (Phi) is 17.1. The van der Waals surface area contributed by atoms with Gasteiger partial charge < -0.3 is 47.2 Å². The summed E-state index contributed by atoms with van der Waals surface area (Å²) in [6, 6.07) is 7.39. The normalized spacial score (nSPS) is 13.8. The fourth-order valence-corrected chi connectivity index (χ4v) is 9.06. The number of nitrogens with zero attached hydrogens (tertiary/aromatic N) is 3. The van der Waals surface area contributed by atoms with E-state index in [1.807, 2.05) is 50.7 Å². The molecule has 2 aromatic rings. The maximum Gasteiger partial charge on any atom is 0.325 e. The van der Waals surface area contributed by atoms with E-state index >= 15 is 0 Å². The Morgan fingerprint density at radius 2 is 0.893 bits per heavy atom. The van der Waals surface area contributed by atoms with Crippen LogP contribution in [0.4, 0.5) is 0 Å². The molecule has 2 aliphatic heterocycles. The van der Waals surface area contributed by atoms with Gasteiger partial charge in [0.25, 0.3) is 0 Å². The van der Waals surface area contributed by atoms with Crippen molar-refractivity contribution in [3.05, 3.63) is 47.8 Å². The van der Waals surface area contributed by atoms with Gasteiger partial charge in [0, 0.05) is 23.5 Å². The van der Waals surface area contributed by atoms with Crippen LogP contribution >= 0.6 is 8.37 Å². The molecule has 0 aliphatic carbocycles. The average molecular weight is 800 g/mol. The number of hydrogen-bond donors (Lipinski definition) is 0. The number of carbonyl (C=O) groups is 2. The summed E-state index contributed by atoms with van der Waals surface area (Å²) in [5, 5.41) is 0. The lowest BCUT2D eigenvalue weighted by molar-refractivity contribution is -0.143. The second kappa shape index (κ2) is 21.7. The second-order valence-corrected chi connectivity index (χ2v) is 16.5. The van der Waals surface area contributed by atoms with Gasteiger partial charge in [0.15, 0.2) is 23.0 Å². The molecule has 13 nitrogen and oxygen atoms in total. The van der Waals surface area contributed by atoms with Gasteiger partial charge in [-0.15, -0.1) is 0 Å².